The minimum Gasteiger partial charge on any atom is -0.480 e. The zero-order valence-corrected chi connectivity index (χ0v) is 11.0. The molecule has 0 saturated carbocycles. The van der Waals surface area contributed by atoms with Gasteiger partial charge in [-0.05, 0) is 6.42 Å². The molecule has 0 radical (unpaired) electrons. The van der Waals surface area contributed by atoms with Crippen molar-refractivity contribution in [2.24, 2.45) is 0 Å². The first-order valence-electron chi connectivity index (χ1n) is 5.44. The van der Waals surface area contributed by atoms with Crippen LogP contribution in [0, 0.1) is 0 Å². The molecule has 17 heavy (non-hydrogen) atoms. The van der Waals surface area contributed by atoms with E-state index in [0.717, 1.165) is 17.7 Å². The van der Waals surface area contributed by atoms with Crippen LogP contribution in [0.4, 0.5) is 0 Å². The van der Waals surface area contributed by atoms with Gasteiger partial charge in [0.2, 0.25) is 5.91 Å². The Hall–Kier alpha value is -1.11. The van der Waals surface area contributed by atoms with Gasteiger partial charge in [0.25, 0.3) is 0 Å². The van der Waals surface area contributed by atoms with E-state index in [2.05, 4.69) is 0 Å². The molecule has 0 aliphatic carbocycles. The van der Waals surface area contributed by atoms with Crippen LogP contribution in [0.1, 0.15) is 26.2 Å². The van der Waals surface area contributed by atoms with E-state index in [0.29, 0.717) is 6.42 Å². The summed E-state index contributed by atoms with van der Waals surface area (Å²) >= 11 is 0. The number of aliphatic carboxylic acids is 1. The second-order valence-electron chi connectivity index (χ2n) is 3.94. The fraction of sp³-hybridized carbons (Fsp3) is 0.800. The Bertz CT molecular complexity index is 363. The largest absolute Gasteiger partial charge is 0.480 e. The average Bonchev–Trinajstić information content (AvgIpc) is 2.15. The van der Waals surface area contributed by atoms with Gasteiger partial charge >= 0.3 is 5.97 Å². The van der Waals surface area contributed by atoms with E-state index in [-0.39, 0.29) is 5.75 Å². The number of likely N-dealkylation sites (N-methyl/N-ethyl adjacent to an activating group) is 1. The highest BCUT2D eigenvalue weighted by atomic mass is 32.2. The number of rotatable bonds is 8. The Morgan fingerprint density at radius 1 is 1.24 bits per heavy atom. The first kappa shape index (κ1) is 15.9. The normalized spacial score (nSPS) is 11.2. The number of sulfone groups is 1. The maximum absolute atomic E-state index is 11.5. The Morgan fingerprint density at radius 3 is 2.29 bits per heavy atom. The third kappa shape index (κ3) is 7.73. The lowest BCUT2D eigenvalue weighted by Crippen LogP contribution is -2.36. The Kier molecular flexibility index (Phi) is 6.79. The van der Waals surface area contributed by atoms with Gasteiger partial charge in [-0.15, -0.1) is 0 Å². The predicted molar refractivity (Wildman–Crippen MR) is 63.5 cm³/mol. The van der Waals surface area contributed by atoms with Crippen molar-refractivity contribution in [1.29, 1.82) is 0 Å². The fourth-order valence-corrected chi connectivity index (χ4v) is 2.62. The van der Waals surface area contributed by atoms with E-state index in [1.54, 1.807) is 0 Å². The first-order valence-corrected chi connectivity index (χ1v) is 7.27. The second-order valence-corrected chi connectivity index (χ2v) is 6.13. The Balaban J connectivity index is 4.22. The molecular weight excluding hydrogens is 246 g/mol. The summed E-state index contributed by atoms with van der Waals surface area (Å²) in [6.45, 7) is 1.47. The number of carbonyl (C=O) groups is 2. The van der Waals surface area contributed by atoms with Gasteiger partial charge in [0.1, 0.15) is 12.3 Å². The molecule has 0 rings (SSSR count). The molecule has 0 spiro atoms. The number of nitrogens with zero attached hydrogens (tertiary/aromatic N) is 1. The van der Waals surface area contributed by atoms with Crippen LogP contribution in [0.5, 0.6) is 0 Å². The number of carbonyl (C=O) groups excluding carboxylic acids is 1. The smallest absolute Gasteiger partial charge is 0.323 e. The number of carboxylic acid groups (broad SMARTS) is 1. The second kappa shape index (κ2) is 7.26. The van der Waals surface area contributed by atoms with E-state index in [9.17, 15) is 18.0 Å². The van der Waals surface area contributed by atoms with Crippen molar-refractivity contribution in [2.45, 2.75) is 26.2 Å². The summed E-state index contributed by atoms with van der Waals surface area (Å²) in [5, 5.41) is 8.46. The minimum absolute atomic E-state index is 0.0203. The standard InChI is InChI=1S/C10H19NO5S/c1-3-4-5-6-17(15,16)8-9(12)11(2)7-10(13)14/h3-8H2,1-2H3,(H,13,14). The van der Waals surface area contributed by atoms with Crippen LogP contribution in [-0.2, 0) is 19.4 Å². The average molecular weight is 265 g/mol. The van der Waals surface area contributed by atoms with E-state index in [4.69, 9.17) is 5.11 Å². The van der Waals surface area contributed by atoms with E-state index < -0.39 is 34.0 Å². The summed E-state index contributed by atoms with van der Waals surface area (Å²) in [4.78, 5) is 22.7. The highest BCUT2D eigenvalue weighted by molar-refractivity contribution is 7.92. The SMILES string of the molecule is CCCCCS(=O)(=O)CC(=O)N(C)CC(=O)O. The van der Waals surface area contributed by atoms with Gasteiger partial charge in [-0.2, -0.15) is 0 Å². The molecule has 0 aromatic heterocycles. The summed E-state index contributed by atoms with van der Waals surface area (Å²) in [6, 6.07) is 0. The van der Waals surface area contributed by atoms with Gasteiger partial charge in [-0.25, -0.2) is 8.42 Å². The zero-order valence-electron chi connectivity index (χ0n) is 10.2. The number of hydrogen-bond acceptors (Lipinski definition) is 4. The van der Waals surface area contributed by atoms with Crippen molar-refractivity contribution in [2.75, 3.05) is 25.1 Å². The van der Waals surface area contributed by atoms with Crippen molar-refractivity contribution in [3.63, 3.8) is 0 Å². The quantitative estimate of drug-likeness (QED) is 0.630. The maximum Gasteiger partial charge on any atom is 0.323 e. The van der Waals surface area contributed by atoms with Crippen molar-refractivity contribution in [1.82, 2.24) is 4.90 Å². The molecule has 100 valence electrons. The molecule has 0 aromatic rings. The Labute approximate surface area is 102 Å². The van der Waals surface area contributed by atoms with Crippen LogP contribution < -0.4 is 0 Å². The summed E-state index contributed by atoms with van der Waals surface area (Å²) in [5.41, 5.74) is 0. The van der Waals surface area contributed by atoms with Gasteiger partial charge in [0.15, 0.2) is 9.84 Å². The number of hydrogen-bond donors (Lipinski definition) is 1. The molecule has 0 bridgehead atoms. The molecule has 0 aliphatic rings. The topological polar surface area (TPSA) is 91.8 Å². The predicted octanol–water partition coefficient (Wildman–Crippen LogP) is 0.134. The zero-order chi connectivity index (χ0) is 13.5. The van der Waals surface area contributed by atoms with E-state index >= 15 is 0 Å². The van der Waals surface area contributed by atoms with Gasteiger partial charge in [-0.3, -0.25) is 9.59 Å². The first-order chi connectivity index (χ1) is 7.78. The van der Waals surface area contributed by atoms with Crippen LogP contribution in [-0.4, -0.2) is 55.4 Å². The summed E-state index contributed by atoms with van der Waals surface area (Å²) in [5.74, 6) is -2.47. The monoisotopic (exact) mass is 265 g/mol. The molecule has 6 nitrogen and oxygen atoms in total. The molecule has 0 unspecified atom stereocenters. The molecule has 0 saturated heterocycles. The van der Waals surface area contributed by atoms with Crippen LogP contribution in [0.15, 0.2) is 0 Å². The van der Waals surface area contributed by atoms with Crippen LogP contribution in [0.3, 0.4) is 0 Å². The molecule has 0 atom stereocenters. The molecule has 0 aromatic carbocycles. The van der Waals surface area contributed by atoms with Crippen LogP contribution in [0.25, 0.3) is 0 Å². The lowest BCUT2D eigenvalue weighted by molar-refractivity contribution is -0.142. The van der Waals surface area contributed by atoms with Gasteiger partial charge < -0.3 is 10.0 Å². The van der Waals surface area contributed by atoms with Crippen molar-refractivity contribution in [3.05, 3.63) is 0 Å². The lowest BCUT2D eigenvalue weighted by atomic mass is 10.3. The number of unbranched alkanes of at least 4 members (excludes halogenated alkanes) is 2. The molecule has 0 aliphatic heterocycles. The highest BCUT2D eigenvalue weighted by Gasteiger charge is 2.20. The maximum atomic E-state index is 11.5. The molecule has 0 heterocycles. The molecule has 0 fully saturated rings. The number of amides is 1. The van der Waals surface area contributed by atoms with Gasteiger partial charge in [0.05, 0.1) is 5.75 Å². The highest BCUT2D eigenvalue weighted by Crippen LogP contribution is 2.01. The Morgan fingerprint density at radius 2 is 1.82 bits per heavy atom. The summed E-state index contributed by atoms with van der Waals surface area (Å²) < 4.78 is 23.0. The molecule has 7 heteroatoms. The third-order valence-electron chi connectivity index (χ3n) is 2.20. The third-order valence-corrected chi connectivity index (χ3v) is 3.80. The lowest BCUT2D eigenvalue weighted by Gasteiger charge is -2.14. The van der Waals surface area contributed by atoms with Gasteiger partial charge in [-0.1, -0.05) is 19.8 Å². The minimum atomic E-state index is -3.42. The van der Waals surface area contributed by atoms with E-state index in [1.165, 1.54) is 7.05 Å². The van der Waals surface area contributed by atoms with Crippen LogP contribution in [0.2, 0.25) is 0 Å². The van der Waals surface area contributed by atoms with E-state index in [1.807, 2.05) is 6.92 Å². The molecule has 1 N–H and O–H groups in total. The van der Waals surface area contributed by atoms with Crippen molar-refractivity contribution < 1.29 is 23.1 Å². The van der Waals surface area contributed by atoms with Crippen molar-refractivity contribution in [3.8, 4) is 0 Å². The van der Waals surface area contributed by atoms with Crippen LogP contribution >= 0.6 is 0 Å². The summed E-state index contributed by atoms with van der Waals surface area (Å²) in [6.07, 6.45) is 2.25. The summed E-state index contributed by atoms with van der Waals surface area (Å²) in [7, 11) is -2.14. The molecule has 1 amide bonds. The number of carboxylic acids is 1. The fourth-order valence-electron chi connectivity index (χ4n) is 1.23. The molecular formula is C10H19NO5S. The van der Waals surface area contributed by atoms with Crippen molar-refractivity contribution >= 4 is 21.7 Å². The van der Waals surface area contributed by atoms with Gasteiger partial charge in [0, 0.05) is 7.05 Å².